The van der Waals surface area contributed by atoms with E-state index in [9.17, 15) is 0 Å². The predicted octanol–water partition coefficient (Wildman–Crippen LogP) is 1.88. The van der Waals surface area contributed by atoms with Gasteiger partial charge in [-0.1, -0.05) is 0 Å². The lowest BCUT2D eigenvalue weighted by atomic mass is 10.2. The SMILES string of the molecule is COC(=N)Cn1nc(-c2cccnc2)cc1C. The Morgan fingerprint density at radius 1 is 1.53 bits per heavy atom. The molecule has 0 fully saturated rings. The molecular formula is C12H14N4O. The van der Waals surface area contributed by atoms with Crippen molar-refractivity contribution >= 4 is 5.90 Å². The van der Waals surface area contributed by atoms with E-state index in [1.807, 2.05) is 25.1 Å². The van der Waals surface area contributed by atoms with E-state index in [1.165, 1.54) is 7.11 Å². The van der Waals surface area contributed by atoms with Crippen molar-refractivity contribution < 1.29 is 4.74 Å². The topological polar surface area (TPSA) is 63.8 Å². The van der Waals surface area contributed by atoms with Crippen LogP contribution < -0.4 is 0 Å². The number of hydrogen-bond acceptors (Lipinski definition) is 4. The highest BCUT2D eigenvalue weighted by Crippen LogP contribution is 2.17. The standard InChI is InChI=1S/C12H14N4O/c1-9-6-11(10-4-3-5-14-7-10)15-16(9)8-12(13)17-2/h3-7,13H,8H2,1-2H3. The van der Waals surface area contributed by atoms with Crippen molar-refractivity contribution in [3.63, 3.8) is 0 Å². The molecule has 0 saturated carbocycles. The van der Waals surface area contributed by atoms with Crippen molar-refractivity contribution in [3.05, 3.63) is 36.3 Å². The first-order chi connectivity index (χ1) is 8.20. The van der Waals surface area contributed by atoms with Gasteiger partial charge in [0.1, 0.15) is 6.54 Å². The predicted molar refractivity (Wildman–Crippen MR) is 64.9 cm³/mol. The molecular weight excluding hydrogens is 216 g/mol. The van der Waals surface area contributed by atoms with Gasteiger partial charge in [0.2, 0.25) is 5.90 Å². The quantitative estimate of drug-likeness (QED) is 0.646. The number of methoxy groups -OCH3 is 1. The summed E-state index contributed by atoms with van der Waals surface area (Å²) in [5.74, 6) is 0.189. The maximum atomic E-state index is 7.49. The Labute approximate surface area is 99.6 Å². The van der Waals surface area contributed by atoms with Gasteiger partial charge in [-0.3, -0.25) is 15.1 Å². The zero-order valence-electron chi connectivity index (χ0n) is 9.84. The molecule has 0 aliphatic heterocycles. The highest BCUT2D eigenvalue weighted by Gasteiger charge is 2.08. The first-order valence-electron chi connectivity index (χ1n) is 5.27. The van der Waals surface area contributed by atoms with Crippen LogP contribution >= 0.6 is 0 Å². The normalized spacial score (nSPS) is 10.2. The largest absolute Gasteiger partial charge is 0.483 e. The molecule has 88 valence electrons. The molecule has 5 nitrogen and oxygen atoms in total. The van der Waals surface area contributed by atoms with Gasteiger partial charge in [0.15, 0.2) is 0 Å². The van der Waals surface area contributed by atoms with Gasteiger partial charge in [0.05, 0.1) is 12.8 Å². The van der Waals surface area contributed by atoms with E-state index in [2.05, 4.69) is 10.1 Å². The zero-order valence-corrected chi connectivity index (χ0v) is 9.84. The second-order valence-corrected chi connectivity index (χ2v) is 3.70. The van der Waals surface area contributed by atoms with Crippen LogP contribution in [0.25, 0.3) is 11.3 Å². The lowest BCUT2D eigenvalue weighted by Gasteiger charge is -2.04. The summed E-state index contributed by atoms with van der Waals surface area (Å²) >= 11 is 0. The number of nitrogens with zero attached hydrogens (tertiary/aromatic N) is 3. The Bertz CT molecular complexity index is 519. The van der Waals surface area contributed by atoms with Gasteiger partial charge < -0.3 is 4.74 Å². The van der Waals surface area contributed by atoms with Crippen LogP contribution in [0.5, 0.6) is 0 Å². The molecule has 0 saturated heterocycles. The summed E-state index contributed by atoms with van der Waals surface area (Å²) in [6, 6.07) is 5.81. The summed E-state index contributed by atoms with van der Waals surface area (Å²) in [6.45, 7) is 2.30. The Morgan fingerprint density at radius 2 is 2.35 bits per heavy atom. The highest BCUT2D eigenvalue weighted by molar-refractivity contribution is 5.72. The second-order valence-electron chi connectivity index (χ2n) is 3.70. The molecule has 0 unspecified atom stereocenters. The molecule has 0 amide bonds. The van der Waals surface area contributed by atoms with E-state index in [-0.39, 0.29) is 5.90 Å². The molecule has 0 aliphatic carbocycles. The van der Waals surface area contributed by atoms with Crippen molar-refractivity contribution in [2.24, 2.45) is 0 Å². The maximum absolute atomic E-state index is 7.49. The number of ether oxygens (including phenoxy) is 1. The zero-order chi connectivity index (χ0) is 12.3. The summed E-state index contributed by atoms with van der Waals surface area (Å²) < 4.78 is 6.58. The minimum absolute atomic E-state index is 0.189. The molecule has 0 bridgehead atoms. The van der Waals surface area contributed by atoms with Crippen LogP contribution in [0.3, 0.4) is 0 Å². The molecule has 2 rings (SSSR count). The van der Waals surface area contributed by atoms with Gasteiger partial charge in [-0.25, -0.2) is 0 Å². The number of aromatic nitrogens is 3. The van der Waals surface area contributed by atoms with E-state index >= 15 is 0 Å². The van der Waals surface area contributed by atoms with E-state index < -0.39 is 0 Å². The number of aryl methyl sites for hydroxylation is 1. The molecule has 0 spiro atoms. The van der Waals surface area contributed by atoms with Crippen LogP contribution in [0.2, 0.25) is 0 Å². The van der Waals surface area contributed by atoms with E-state index in [4.69, 9.17) is 10.1 Å². The monoisotopic (exact) mass is 230 g/mol. The third-order valence-corrected chi connectivity index (χ3v) is 2.48. The summed E-state index contributed by atoms with van der Waals surface area (Å²) in [5.41, 5.74) is 2.82. The molecule has 0 aromatic carbocycles. The summed E-state index contributed by atoms with van der Waals surface area (Å²) in [6.07, 6.45) is 3.50. The van der Waals surface area contributed by atoms with E-state index in [0.29, 0.717) is 6.54 Å². The summed E-state index contributed by atoms with van der Waals surface area (Å²) in [4.78, 5) is 4.06. The molecule has 0 radical (unpaired) electrons. The molecule has 1 N–H and O–H groups in total. The molecule has 2 aromatic heterocycles. The third-order valence-electron chi connectivity index (χ3n) is 2.48. The smallest absolute Gasteiger partial charge is 0.202 e. The lowest BCUT2D eigenvalue weighted by Crippen LogP contribution is -2.13. The molecule has 2 heterocycles. The van der Waals surface area contributed by atoms with Gasteiger partial charge in [0, 0.05) is 23.7 Å². The van der Waals surface area contributed by atoms with Crippen molar-refractivity contribution in [1.29, 1.82) is 5.41 Å². The average molecular weight is 230 g/mol. The number of pyridine rings is 1. The van der Waals surface area contributed by atoms with Crippen LogP contribution in [-0.4, -0.2) is 27.8 Å². The lowest BCUT2D eigenvalue weighted by molar-refractivity contribution is 0.376. The fraction of sp³-hybridized carbons (Fsp3) is 0.250. The van der Waals surface area contributed by atoms with E-state index in [1.54, 1.807) is 17.1 Å². The molecule has 2 aromatic rings. The molecule has 0 aliphatic rings. The van der Waals surface area contributed by atoms with Gasteiger partial charge >= 0.3 is 0 Å². The Morgan fingerprint density at radius 3 is 3.00 bits per heavy atom. The first kappa shape index (κ1) is 11.3. The van der Waals surface area contributed by atoms with Crippen LogP contribution in [0.15, 0.2) is 30.6 Å². The summed E-state index contributed by atoms with van der Waals surface area (Å²) in [5, 5.41) is 11.9. The fourth-order valence-corrected chi connectivity index (χ4v) is 1.53. The van der Waals surface area contributed by atoms with Crippen LogP contribution in [-0.2, 0) is 11.3 Å². The van der Waals surface area contributed by atoms with Crippen LogP contribution in [0.4, 0.5) is 0 Å². The molecule has 5 heteroatoms. The highest BCUT2D eigenvalue weighted by atomic mass is 16.5. The summed E-state index contributed by atoms with van der Waals surface area (Å²) in [7, 11) is 1.49. The van der Waals surface area contributed by atoms with Crippen molar-refractivity contribution in [3.8, 4) is 11.3 Å². The fourth-order valence-electron chi connectivity index (χ4n) is 1.53. The average Bonchev–Trinajstić information content (AvgIpc) is 2.72. The molecule has 0 atom stereocenters. The van der Waals surface area contributed by atoms with Crippen molar-refractivity contribution in [2.45, 2.75) is 13.5 Å². The third kappa shape index (κ3) is 2.50. The Hall–Kier alpha value is -2.17. The van der Waals surface area contributed by atoms with Crippen molar-refractivity contribution in [1.82, 2.24) is 14.8 Å². The number of hydrogen-bond donors (Lipinski definition) is 1. The number of nitrogens with one attached hydrogen (secondary N) is 1. The van der Waals surface area contributed by atoms with Crippen LogP contribution in [0, 0.1) is 12.3 Å². The minimum Gasteiger partial charge on any atom is -0.483 e. The Balaban J connectivity index is 2.28. The first-order valence-corrected chi connectivity index (χ1v) is 5.27. The van der Waals surface area contributed by atoms with Crippen molar-refractivity contribution in [2.75, 3.05) is 7.11 Å². The minimum atomic E-state index is 0.189. The van der Waals surface area contributed by atoms with Gasteiger partial charge in [-0.05, 0) is 25.1 Å². The maximum Gasteiger partial charge on any atom is 0.202 e. The van der Waals surface area contributed by atoms with Gasteiger partial charge in [0.25, 0.3) is 0 Å². The second kappa shape index (κ2) is 4.78. The van der Waals surface area contributed by atoms with Gasteiger partial charge in [-0.15, -0.1) is 0 Å². The van der Waals surface area contributed by atoms with E-state index in [0.717, 1.165) is 17.0 Å². The van der Waals surface area contributed by atoms with Crippen LogP contribution in [0.1, 0.15) is 5.69 Å². The Kier molecular flexibility index (Phi) is 3.18. The number of rotatable bonds is 3. The molecule has 17 heavy (non-hydrogen) atoms. The van der Waals surface area contributed by atoms with Gasteiger partial charge in [-0.2, -0.15) is 5.10 Å².